The predicted octanol–water partition coefficient (Wildman–Crippen LogP) is 2.34. The van der Waals surface area contributed by atoms with Crippen LogP contribution in [0.3, 0.4) is 0 Å². The molecule has 2 N–H and O–H groups in total. The number of likely N-dealkylation sites (tertiary alicyclic amines) is 1. The zero-order valence-corrected chi connectivity index (χ0v) is 13.1. The van der Waals surface area contributed by atoms with E-state index in [1.807, 2.05) is 13.8 Å². The lowest BCUT2D eigenvalue weighted by Crippen LogP contribution is -2.55. The average molecular weight is 270 g/mol. The number of aliphatic carboxylic acids is 1. The van der Waals surface area contributed by atoms with Crippen molar-refractivity contribution in [3.05, 3.63) is 0 Å². The SMILES string of the molecule is CC(C)NC(C)(CCN1CCCC(C)C1C)C(=O)O. The molecule has 0 aromatic heterocycles. The fourth-order valence-corrected chi connectivity index (χ4v) is 2.98. The van der Waals surface area contributed by atoms with Crippen molar-refractivity contribution < 1.29 is 9.90 Å². The molecule has 0 radical (unpaired) electrons. The number of nitrogens with one attached hydrogen (secondary N) is 1. The number of hydrogen-bond donors (Lipinski definition) is 2. The molecule has 0 amide bonds. The maximum atomic E-state index is 11.5. The van der Waals surface area contributed by atoms with Crippen LogP contribution >= 0.6 is 0 Å². The topological polar surface area (TPSA) is 52.6 Å². The van der Waals surface area contributed by atoms with Crippen LogP contribution in [0.4, 0.5) is 0 Å². The number of carboxylic acids is 1. The zero-order chi connectivity index (χ0) is 14.6. The molecule has 4 nitrogen and oxygen atoms in total. The first-order chi connectivity index (χ1) is 8.76. The van der Waals surface area contributed by atoms with Gasteiger partial charge in [0.15, 0.2) is 0 Å². The summed E-state index contributed by atoms with van der Waals surface area (Å²) in [6.45, 7) is 12.3. The highest BCUT2D eigenvalue weighted by Crippen LogP contribution is 2.24. The fourth-order valence-electron chi connectivity index (χ4n) is 2.98. The first-order valence-electron chi connectivity index (χ1n) is 7.51. The number of carboxylic acid groups (broad SMARTS) is 1. The van der Waals surface area contributed by atoms with Crippen molar-refractivity contribution in [2.45, 2.75) is 71.5 Å². The minimum absolute atomic E-state index is 0.179. The van der Waals surface area contributed by atoms with Crippen LogP contribution in [-0.4, -0.2) is 46.7 Å². The summed E-state index contributed by atoms with van der Waals surface area (Å²) in [4.78, 5) is 13.9. The van der Waals surface area contributed by atoms with Crippen LogP contribution < -0.4 is 5.32 Å². The Hall–Kier alpha value is -0.610. The summed E-state index contributed by atoms with van der Waals surface area (Å²) in [5, 5.41) is 12.6. The van der Waals surface area contributed by atoms with Gasteiger partial charge in [-0.25, -0.2) is 0 Å². The highest BCUT2D eigenvalue weighted by Gasteiger charge is 2.35. The maximum absolute atomic E-state index is 11.5. The quantitative estimate of drug-likeness (QED) is 0.778. The van der Waals surface area contributed by atoms with Crippen molar-refractivity contribution in [2.24, 2.45) is 5.92 Å². The number of nitrogens with zero attached hydrogens (tertiary/aromatic N) is 1. The van der Waals surface area contributed by atoms with Crippen molar-refractivity contribution in [1.82, 2.24) is 10.2 Å². The molecular weight excluding hydrogens is 240 g/mol. The second-order valence-electron chi connectivity index (χ2n) is 6.58. The molecule has 0 aromatic rings. The van der Waals surface area contributed by atoms with Gasteiger partial charge in [0.25, 0.3) is 0 Å². The molecule has 0 aromatic carbocycles. The summed E-state index contributed by atoms with van der Waals surface area (Å²) in [7, 11) is 0. The Bertz CT molecular complexity index is 307. The molecular formula is C15H30N2O2. The van der Waals surface area contributed by atoms with Gasteiger partial charge in [-0.3, -0.25) is 10.1 Å². The number of piperidine rings is 1. The van der Waals surface area contributed by atoms with Crippen LogP contribution in [0.1, 0.15) is 53.9 Å². The number of carbonyl (C=O) groups is 1. The first-order valence-corrected chi connectivity index (χ1v) is 7.51. The van der Waals surface area contributed by atoms with Gasteiger partial charge in [0.1, 0.15) is 5.54 Å². The van der Waals surface area contributed by atoms with Crippen molar-refractivity contribution >= 4 is 5.97 Å². The minimum atomic E-state index is -0.825. The van der Waals surface area contributed by atoms with Gasteiger partial charge in [-0.05, 0) is 59.4 Å². The van der Waals surface area contributed by atoms with Crippen LogP contribution in [0.5, 0.6) is 0 Å². The fraction of sp³-hybridized carbons (Fsp3) is 0.933. The smallest absolute Gasteiger partial charge is 0.323 e. The summed E-state index contributed by atoms with van der Waals surface area (Å²) in [5.74, 6) is -0.0400. The molecule has 0 aliphatic carbocycles. The Morgan fingerprint density at radius 3 is 2.63 bits per heavy atom. The van der Waals surface area contributed by atoms with Crippen LogP contribution in [0.25, 0.3) is 0 Å². The average Bonchev–Trinajstić information content (AvgIpc) is 2.30. The molecule has 3 atom stereocenters. The Morgan fingerprint density at radius 1 is 1.47 bits per heavy atom. The second kappa shape index (κ2) is 6.71. The summed E-state index contributed by atoms with van der Waals surface area (Å²) in [6.07, 6.45) is 3.17. The molecule has 1 heterocycles. The lowest BCUT2D eigenvalue weighted by atomic mass is 9.90. The van der Waals surface area contributed by atoms with Gasteiger partial charge in [0, 0.05) is 18.6 Å². The van der Waals surface area contributed by atoms with Crippen molar-refractivity contribution in [3.8, 4) is 0 Å². The van der Waals surface area contributed by atoms with E-state index in [9.17, 15) is 9.90 Å². The summed E-state index contributed by atoms with van der Waals surface area (Å²) < 4.78 is 0. The normalized spacial score (nSPS) is 28.3. The Kier molecular flexibility index (Phi) is 5.81. The van der Waals surface area contributed by atoms with Gasteiger partial charge >= 0.3 is 5.97 Å². The molecule has 4 heteroatoms. The lowest BCUT2D eigenvalue weighted by molar-refractivity contribution is -0.145. The van der Waals surface area contributed by atoms with Gasteiger partial charge in [0.05, 0.1) is 0 Å². The Balaban J connectivity index is 2.58. The standard InChI is InChI=1S/C15H30N2O2/c1-11(2)16-15(5,14(18)19)8-10-17-9-6-7-12(3)13(17)4/h11-13,16H,6-10H2,1-5H3,(H,18,19). The van der Waals surface area contributed by atoms with Crippen LogP contribution in [0.2, 0.25) is 0 Å². The van der Waals surface area contributed by atoms with Crippen molar-refractivity contribution in [2.75, 3.05) is 13.1 Å². The maximum Gasteiger partial charge on any atom is 0.323 e. The zero-order valence-electron chi connectivity index (χ0n) is 13.1. The van der Waals surface area contributed by atoms with Gasteiger partial charge in [-0.1, -0.05) is 6.92 Å². The molecule has 0 saturated carbocycles. The summed E-state index contributed by atoms with van der Waals surface area (Å²) >= 11 is 0. The van der Waals surface area contributed by atoms with E-state index in [1.165, 1.54) is 12.8 Å². The van der Waals surface area contributed by atoms with E-state index < -0.39 is 11.5 Å². The van der Waals surface area contributed by atoms with E-state index >= 15 is 0 Å². The largest absolute Gasteiger partial charge is 0.480 e. The Labute approximate surface area is 117 Å². The number of hydrogen-bond acceptors (Lipinski definition) is 3. The molecule has 1 aliphatic heterocycles. The van der Waals surface area contributed by atoms with E-state index in [2.05, 4.69) is 24.1 Å². The predicted molar refractivity (Wildman–Crippen MR) is 78.4 cm³/mol. The summed E-state index contributed by atoms with van der Waals surface area (Å²) in [5.41, 5.74) is -0.825. The molecule has 19 heavy (non-hydrogen) atoms. The lowest BCUT2D eigenvalue weighted by Gasteiger charge is -2.40. The van der Waals surface area contributed by atoms with E-state index in [1.54, 1.807) is 6.92 Å². The van der Waals surface area contributed by atoms with E-state index in [0.717, 1.165) is 13.1 Å². The molecule has 1 fully saturated rings. The van der Waals surface area contributed by atoms with Gasteiger partial charge < -0.3 is 10.0 Å². The highest BCUT2D eigenvalue weighted by atomic mass is 16.4. The van der Waals surface area contributed by atoms with Crippen molar-refractivity contribution in [1.29, 1.82) is 0 Å². The van der Waals surface area contributed by atoms with Crippen molar-refractivity contribution in [3.63, 3.8) is 0 Å². The first kappa shape index (κ1) is 16.4. The third-order valence-electron chi connectivity index (χ3n) is 4.48. The van der Waals surface area contributed by atoms with Gasteiger partial charge in [-0.2, -0.15) is 0 Å². The second-order valence-corrected chi connectivity index (χ2v) is 6.58. The third-order valence-corrected chi connectivity index (χ3v) is 4.48. The monoisotopic (exact) mass is 270 g/mol. The molecule has 3 unspecified atom stereocenters. The molecule has 112 valence electrons. The number of rotatable bonds is 6. The highest BCUT2D eigenvalue weighted by molar-refractivity contribution is 5.78. The van der Waals surface area contributed by atoms with E-state index in [0.29, 0.717) is 18.4 Å². The molecule has 1 saturated heterocycles. The molecule has 0 spiro atoms. The van der Waals surface area contributed by atoms with Gasteiger partial charge in [0.2, 0.25) is 0 Å². The molecule has 1 rings (SSSR count). The van der Waals surface area contributed by atoms with Crippen LogP contribution in [0.15, 0.2) is 0 Å². The van der Waals surface area contributed by atoms with E-state index in [-0.39, 0.29) is 6.04 Å². The Morgan fingerprint density at radius 2 is 2.11 bits per heavy atom. The molecule has 1 aliphatic rings. The van der Waals surface area contributed by atoms with E-state index in [4.69, 9.17) is 0 Å². The van der Waals surface area contributed by atoms with Crippen LogP contribution in [0, 0.1) is 5.92 Å². The van der Waals surface area contributed by atoms with Gasteiger partial charge in [-0.15, -0.1) is 0 Å². The molecule has 0 bridgehead atoms. The van der Waals surface area contributed by atoms with Crippen LogP contribution in [-0.2, 0) is 4.79 Å². The minimum Gasteiger partial charge on any atom is -0.480 e. The third kappa shape index (κ3) is 4.46. The summed E-state index contributed by atoms with van der Waals surface area (Å²) in [6, 6.07) is 0.740.